The standard InChI is InChI=1S/C19H24NO.C15H30N2O3/c1-4-14-20(2,3)15-16-10-12-18(13-11-16)19(21)17-8-6-5-7-9-17;1-7-15(3,11-12(2)13(18)19)14(20)16-9-8-10-17(4,5)6/h5-13H,4,14-15H2,1-3H3;12H,7-11H2,1-6H3,(H-,16,18,19,20)/q+1;/p+1. The molecule has 2 rings (SSSR count). The maximum absolute atomic E-state index is 12.3. The number of ketones is 1. The van der Waals surface area contributed by atoms with Crippen LogP contribution < -0.4 is 5.32 Å². The molecule has 1 amide bonds. The Morgan fingerprint density at radius 1 is 0.878 bits per heavy atom. The van der Waals surface area contributed by atoms with Gasteiger partial charge >= 0.3 is 5.97 Å². The van der Waals surface area contributed by atoms with Crippen molar-refractivity contribution in [3.05, 3.63) is 71.3 Å². The molecule has 2 unspecified atom stereocenters. The lowest BCUT2D eigenvalue weighted by atomic mass is 9.78. The van der Waals surface area contributed by atoms with Crippen LogP contribution in [-0.4, -0.2) is 86.6 Å². The van der Waals surface area contributed by atoms with Crippen molar-refractivity contribution >= 4 is 17.7 Å². The zero-order valence-corrected chi connectivity index (χ0v) is 27.0. The van der Waals surface area contributed by atoms with Crippen LogP contribution in [0, 0.1) is 11.3 Å². The van der Waals surface area contributed by atoms with Crippen LogP contribution in [0.1, 0.15) is 74.9 Å². The van der Waals surface area contributed by atoms with Crippen molar-refractivity contribution in [1.29, 1.82) is 0 Å². The molecule has 41 heavy (non-hydrogen) atoms. The van der Waals surface area contributed by atoms with Gasteiger partial charge in [-0.05, 0) is 19.3 Å². The molecule has 0 heterocycles. The summed E-state index contributed by atoms with van der Waals surface area (Å²) in [6.07, 6.45) is 3.12. The van der Waals surface area contributed by atoms with E-state index in [0.717, 1.165) is 46.1 Å². The Morgan fingerprint density at radius 2 is 1.44 bits per heavy atom. The molecular weight excluding hydrogens is 514 g/mol. The highest BCUT2D eigenvalue weighted by molar-refractivity contribution is 6.08. The number of quaternary nitrogens is 2. The summed E-state index contributed by atoms with van der Waals surface area (Å²) in [6, 6.07) is 17.5. The van der Waals surface area contributed by atoms with Crippen LogP contribution >= 0.6 is 0 Å². The van der Waals surface area contributed by atoms with E-state index in [9.17, 15) is 14.4 Å². The Hall–Kier alpha value is -3.03. The van der Waals surface area contributed by atoms with Gasteiger partial charge in [0.1, 0.15) is 6.54 Å². The Morgan fingerprint density at radius 3 is 1.93 bits per heavy atom. The van der Waals surface area contributed by atoms with Crippen molar-refractivity contribution in [2.75, 3.05) is 54.9 Å². The molecular formula is C34H55N3O4+2. The number of nitrogens with one attached hydrogen (secondary N) is 1. The fourth-order valence-corrected chi connectivity index (χ4v) is 4.83. The summed E-state index contributed by atoms with van der Waals surface area (Å²) in [7, 11) is 10.8. The van der Waals surface area contributed by atoms with Gasteiger partial charge < -0.3 is 19.4 Å². The van der Waals surface area contributed by atoms with Gasteiger partial charge in [-0.2, -0.15) is 0 Å². The highest BCUT2D eigenvalue weighted by atomic mass is 16.4. The molecule has 228 valence electrons. The Labute approximate surface area is 248 Å². The van der Waals surface area contributed by atoms with E-state index < -0.39 is 17.3 Å². The maximum Gasteiger partial charge on any atom is 0.306 e. The van der Waals surface area contributed by atoms with Gasteiger partial charge in [-0.15, -0.1) is 0 Å². The van der Waals surface area contributed by atoms with Crippen LogP contribution in [0.5, 0.6) is 0 Å². The van der Waals surface area contributed by atoms with E-state index in [2.05, 4.69) is 59.6 Å². The highest BCUT2D eigenvalue weighted by Gasteiger charge is 2.34. The number of carbonyl (C=O) groups is 3. The van der Waals surface area contributed by atoms with Crippen molar-refractivity contribution in [3.63, 3.8) is 0 Å². The summed E-state index contributed by atoms with van der Waals surface area (Å²) in [5.41, 5.74) is 2.17. The third kappa shape index (κ3) is 13.5. The second-order valence-corrected chi connectivity index (χ2v) is 13.2. The molecule has 0 aromatic heterocycles. The predicted octanol–water partition coefficient (Wildman–Crippen LogP) is 5.63. The minimum atomic E-state index is -0.845. The lowest BCUT2D eigenvalue weighted by Gasteiger charge is -2.29. The van der Waals surface area contributed by atoms with Gasteiger partial charge in [0.2, 0.25) is 5.91 Å². The molecule has 7 heteroatoms. The van der Waals surface area contributed by atoms with Crippen molar-refractivity contribution < 1.29 is 28.5 Å². The molecule has 0 radical (unpaired) electrons. The second kappa shape index (κ2) is 16.4. The number of rotatable bonds is 15. The molecule has 0 aliphatic heterocycles. The Kier molecular flexibility index (Phi) is 14.4. The van der Waals surface area contributed by atoms with Crippen molar-refractivity contribution in [1.82, 2.24) is 5.32 Å². The molecule has 0 aliphatic rings. The molecule has 0 spiro atoms. The molecule has 2 aromatic carbocycles. The number of carboxylic acid groups (broad SMARTS) is 1. The molecule has 0 bridgehead atoms. The highest BCUT2D eigenvalue weighted by Crippen LogP contribution is 2.30. The first-order chi connectivity index (χ1) is 19.0. The molecule has 0 saturated carbocycles. The molecule has 2 N–H and O–H groups in total. The van der Waals surface area contributed by atoms with Gasteiger partial charge in [0.05, 0.1) is 54.2 Å². The summed E-state index contributed by atoms with van der Waals surface area (Å²) in [5, 5.41) is 11.9. The van der Waals surface area contributed by atoms with Gasteiger partial charge in [0.15, 0.2) is 5.78 Å². The lowest BCUT2D eigenvalue weighted by Crippen LogP contribution is -2.42. The first kappa shape index (κ1) is 36.0. The van der Waals surface area contributed by atoms with Gasteiger partial charge in [-0.1, -0.05) is 82.3 Å². The van der Waals surface area contributed by atoms with Crippen LogP contribution in [0.3, 0.4) is 0 Å². The van der Waals surface area contributed by atoms with E-state index in [1.807, 2.05) is 56.3 Å². The summed E-state index contributed by atoms with van der Waals surface area (Å²) in [4.78, 5) is 35.6. The quantitative estimate of drug-likeness (QED) is 0.165. The maximum atomic E-state index is 12.3. The number of amides is 1. The van der Waals surface area contributed by atoms with E-state index in [0.29, 0.717) is 19.4 Å². The van der Waals surface area contributed by atoms with Gasteiger partial charge in [0.25, 0.3) is 0 Å². The number of hydrogen-bond acceptors (Lipinski definition) is 3. The predicted molar refractivity (Wildman–Crippen MR) is 168 cm³/mol. The molecule has 0 saturated heterocycles. The summed E-state index contributed by atoms with van der Waals surface area (Å²) >= 11 is 0. The van der Waals surface area contributed by atoms with E-state index in [-0.39, 0.29) is 11.7 Å². The van der Waals surface area contributed by atoms with Crippen LogP contribution in [0.2, 0.25) is 0 Å². The zero-order chi connectivity index (χ0) is 31.3. The summed E-state index contributed by atoms with van der Waals surface area (Å²) in [5.74, 6) is -1.29. The smallest absolute Gasteiger partial charge is 0.306 e. The average molecular weight is 570 g/mol. The second-order valence-electron chi connectivity index (χ2n) is 13.2. The number of carboxylic acids is 1. The summed E-state index contributed by atoms with van der Waals surface area (Å²) < 4.78 is 1.85. The molecule has 2 atom stereocenters. The minimum absolute atomic E-state index is 0.0329. The minimum Gasteiger partial charge on any atom is -0.481 e. The third-order valence-corrected chi connectivity index (χ3v) is 7.49. The largest absolute Gasteiger partial charge is 0.481 e. The number of carbonyl (C=O) groups excluding carboxylic acids is 2. The molecule has 2 aromatic rings. The van der Waals surface area contributed by atoms with Gasteiger partial charge in [-0.25, -0.2) is 0 Å². The fourth-order valence-electron chi connectivity index (χ4n) is 4.83. The van der Waals surface area contributed by atoms with Crippen molar-refractivity contribution in [2.24, 2.45) is 11.3 Å². The molecule has 0 fully saturated rings. The number of aliphatic carboxylic acids is 1. The van der Waals surface area contributed by atoms with E-state index in [1.54, 1.807) is 6.92 Å². The SMILES string of the molecule is CCC(C)(CC(C)C(=O)O)C(=O)NCCC[N+](C)(C)C.CCC[N+](C)(C)Cc1ccc(C(=O)c2ccccc2)cc1. The Bertz CT molecular complexity index is 1090. The lowest BCUT2D eigenvalue weighted by molar-refractivity contribution is -0.903. The summed E-state index contributed by atoms with van der Waals surface area (Å²) in [6.45, 7) is 11.4. The first-order valence-corrected chi connectivity index (χ1v) is 14.9. The normalized spacial score (nSPS) is 13.8. The van der Waals surface area contributed by atoms with E-state index >= 15 is 0 Å². The number of nitrogens with zero attached hydrogens (tertiary/aromatic N) is 2. The number of benzene rings is 2. The fraction of sp³-hybridized carbons (Fsp3) is 0.559. The Balaban J connectivity index is 0.000000411. The van der Waals surface area contributed by atoms with Crippen LogP contribution in [0.4, 0.5) is 0 Å². The number of hydrogen-bond donors (Lipinski definition) is 2. The van der Waals surface area contributed by atoms with Crippen LogP contribution in [0.15, 0.2) is 54.6 Å². The van der Waals surface area contributed by atoms with Gasteiger partial charge in [-0.3, -0.25) is 14.4 Å². The van der Waals surface area contributed by atoms with Crippen molar-refractivity contribution in [2.45, 2.75) is 59.9 Å². The van der Waals surface area contributed by atoms with E-state index in [4.69, 9.17) is 5.11 Å². The molecule has 7 nitrogen and oxygen atoms in total. The average Bonchev–Trinajstić information content (AvgIpc) is 2.90. The molecule has 0 aliphatic carbocycles. The van der Waals surface area contributed by atoms with E-state index in [1.165, 1.54) is 12.0 Å². The first-order valence-electron chi connectivity index (χ1n) is 14.9. The van der Waals surface area contributed by atoms with Crippen LogP contribution in [0.25, 0.3) is 0 Å². The monoisotopic (exact) mass is 569 g/mol. The van der Waals surface area contributed by atoms with Gasteiger partial charge in [0, 0.05) is 35.1 Å². The van der Waals surface area contributed by atoms with Crippen LogP contribution in [-0.2, 0) is 16.1 Å². The third-order valence-electron chi connectivity index (χ3n) is 7.49. The zero-order valence-electron chi connectivity index (χ0n) is 27.0. The van der Waals surface area contributed by atoms with Crippen molar-refractivity contribution in [3.8, 4) is 0 Å². The topological polar surface area (TPSA) is 83.5 Å².